The van der Waals surface area contributed by atoms with Crippen LogP contribution in [0.4, 0.5) is 30.6 Å². The maximum absolute atomic E-state index is 12.9. The van der Waals surface area contributed by atoms with Crippen LogP contribution in [0.2, 0.25) is 0 Å². The number of aryl methyl sites for hydroxylation is 1. The molecule has 1 amide bonds. The molecule has 0 spiro atoms. The van der Waals surface area contributed by atoms with Crippen LogP contribution < -0.4 is 15.4 Å². The number of hydrogen-bond donors (Lipinski definition) is 2. The number of imidazole rings is 1. The quantitative estimate of drug-likeness (QED) is 0.314. The van der Waals surface area contributed by atoms with E-state index in [4.69, 9.17) is 4.74 Å². The van der Waals surface area contributed by atoms with Crippen molar-refractivity contribution in [3.63, 3.8) is 0 Å². The lowest BCUT2D eigenvalue weighted by atomic mass is 10.2. The highest BCUT2D eigenvalue weighted by Gasteiger charge is 2.30. The largest absolute Gasteiger partial charge is 0.457 e. The van der Waals surface area contributed by atoms with E-state index in [2.05, 4.69) is 37.3 Å². The third-order valence-corrected chi connectivity index (χ3v) is 6.83. The Bertz CT molecular complexity index is 1480. The first kappa shape index (κ1) is 27.4. The summed E-state index contributed by atoms with van der Waals surface area (Å²) in [7, 11) is 1.81. The highest BCUT2D eigenvalue weighted by atomic mass is 19.4. The summed E-state index contributed by atoms with van der Waals surface area (Å²) in [5.41, 5.74) is 1.22. The molecule has 1 aliphatic heterocycles. The van der Waals surface area contributed by atoms with Crippen LogP contribution in [0.5, 0.6) is 11.5 Å². The molecule has 0 aliphatic carbocycles. The van der Waals surface area contributed by atoms with Crippen molar-refractivity contribution in [1.29, 1.82) is 0 Å². The summed E-state index contributed by atoms with van der Waals surface area (Å²) in [6.07, 6.45) is -2.82. The first-order valence-electron chi connectivity index (χ1n) is 13.0. The number of benzene rings is 2. The normalized spacial score (nSPS) is 14.8. The number of nitrogens with zero attached hydrogens (tertiary/aromatic N) is 5. The van der Waals surface area contributed by atoms with E-state index in [9.17, 15) is 18.0 Å². The number of carbonyl (C=O) groups excluding carboxylic acids is 1. The summed E-state index contributed by atoms with van der Waals surface area (Å²) < 4.78 is 46.4. The molecule has 9 nitrogen and oxygen atoms in total. The molecule has 1 saturated heterocycles. The number of likely N-dealkylation sites (N-methyl/N-ethyl adjacent to an activating group) is 1. The Balaban J connectivity index is 1.22. The molecule has 3 heterocycles. The average molecular weight is 554 g/mol. The molecule has 0 bridgehead atoms. The lowest BCUT2D eigenvalue weighted by Gasteiger charge is -2.33. The zero-order valence-electron chi connectivity index (χ0n) is 22.2. The third-order valence-electron chi connectivity index (χ3n) is 6.83. The van der Waals surface area contributed by atoms with Gasteiger partial charge in [-0.15, -0.1) is 0 Å². The van der Waals surface area contributed by atoms with Gasteiger partial charge in [0.05, 0.1) is 23.1 Å². The molecule has 0 unspecified atom stereocenters. The molecule has 5 rings (SSSR count). The fraction of sp³-hybridized carbons (Fsp3) is 0.321. The smallest absolute Gasteiger partial charge is 0.416 e. The summed E-state index contributed by atoms with van der Waals surface area (Å²) in [4.78, 5) is 25.9. The van der Waals surface area contributed by atoms with Crippen LogP contribution in [0, 0.1) is 0 Å². The fourth-order valence-corrected chi connectivity index (χ4v) is 4.55. The van der Waals surface area contributed by atoms with Crippen molar-refractivity contribution in [3.05, 3.63) is 66.4 Å². The number of piperazine rings is 1. The number of rotatable bonds is 8. The number of fused-ring (bicyclic) bond motifs is 1. The molecule has 12 heteroatoms. The van der Waals surface area contributed by atoms with Crippen LogP contribution in [0.15, 0.2) is 60.8 Å². The number of ether oxygens (including phenoxy) is 1. The van der Waals surface area contributed by atoms with Crippen molar-refractivity contribution in [2.75, 3.05) is 49.9 Å². The monoisotopic (exact) mass is 553 g/mol. The molecule has 0 atom stereocenters. The minimum Gasteiger partial charge on any atom is -0.457 e. The summed E-state index contributed by atoms with van der Waals surface area (Å²) in [6.45, 7) is 7.09. The molecule has 2 aromatic heterocycles. The van der Waals surface area contributed by atoms with Gasteiger partial charge in [-0.2, -0.15) is 13.2 Å². The second-order valence-corrected chi connectivity index (χ2v) is 9.58. The van der Waals surface area contributed by atoms with Crippen LogP contribution >= 0.6 is 0 Å². The van der Waals surface area contributed by atoms with Gasteiger partial charge < -0.3 is 24.8 Å². The Labute approximate surface area is 229 Å². The lowest BCUT2D eigenvalue weighted by Crippen LogP contribution is -2.48. The third kappa shape index (κ3) is 6.52. The average Bonchev–Trinajstić information content (AvgIpc) is 3.23. The summed E-state index contributed by atoms with van der Waals surface area (Å²) in [6, 6.07) is 13.5. The van der Waals surface area contributed by atoms with Crippen molar-refractivity contribution < 1.29 is 22.7 Å². The first-order valence-corrected chi connectivity index (χ1v) is 13.0. The van der Waals surface area contributed by atoms with Gasteiger partial charge in [0.25, 0.3) is 0 Å². The highest BCUT2D eigenvalue weighted by Crippen LogP contribution is 2.31. The molecule has 4 aromatic rings. The molecule has 2 aromatic carbocycles. The van der Waals surface area contributed by atoms with Gasteiger partial charge in [-0.05, 0) is 49.0 Å². The summed E-state index contributed by atoms with van der Waals surface area (Å²) in [5.74, 6) is 1.77. The van der Waals surface area contributed by atoms with E-state index < -0.39 is 11.7 Å². The van der Waals surface area contributed by atoms with E-state index >= 15 is 0 Å². The Morgan fingerprint density at radius 1 is 0.975 bits per heavy atom. The minimum absolute atomic E-state index is 0.127. The van der Waals surface area contributed by atoms with Gasteiger partial charge in [-0.1, -0.05) is 6.92 Å². The highest BCUT2D eigenvalue weighted by molar-refractivity contribution is 5.91. The Hall–Kier alpha value is -4.16. The van der Waals surface area contributed by atoms with Crippen LogP contribution in [-0.4, -0.2) is 69.5 Å². The Morgan fingerprint density at radius 3 is 2.38 bits per heavy atom. The fourth-order valence-electron chi connectivity index (χ4n) is 4.55. The number of anilines is 3. The molecule has 0 radical (unpaired) electrons. The molecule has 40 heavy (non-hydrogen) atoms. The molecular formula is C28H30F3N7O2. The summed E-state index contributed by atoms with van der Waals surface area (Å²) in [5, 5.41) is 5.90. The topological polar surface area (TPSA) is 87.5 Å². The van der Waals surface area contributed by atoms with Crippen molar-refractivity contribution in [1.82, 2.24) is 24.3 Å². The second-order valence-electron chi connectivity index (χ2n) is 9.58. The minimum atomic E-state index is -4.39. The number of hydrogen-bond acceptors (Lipinski definition) is 7. The van der Waals surface area contributed by atoms with Gasteiger partial charge in [0.2, 0.25) is 11.9 Å². The number of nitrogens with one attached hydrogen (secondary N) is 2. The molecule has 210 valence electrons. The van der Waals surface area contributed by atoms with Crippen molar-refractivity contribution in [2.24, 2.45) is 7.05 Å². The SMILES string of the molecule is CCN1CCN(CC(=O)Nc2cc(Oc3ccc4c(c3)nc(Nc3ccc(C(F)(F)F)cc3)n4C)ccn2)CC1. The maximum atomic E-state index is 12.9. The van der Waals surface area contributed by atoms with Gasteiger partial charge in [-0.25, -0.2) is 9.97 Å². The molecule has 1 aliphatic rings. The Morgan fingerprint density at radius 2 is 1.68 bits per heavy atom. The van der Waals surface area contributed by atoms with E-state index in [0.717, 1.165) is 50.4 Å². The standard InChI is InChI=1S/C28H30F3N7O2/c1-3-37-12-14-38(15-13-37)18-26(39)35-25-17-22(10-11-32-25)40-21-8-9-24-23(16-21)34-27(36(24)2)33-20-6-4-19(5-7-20)28(29,30)31/h4-11,16-17H,3,12-15,18H2,1-2H3,(H,33,34)(H,32,35,39). The predicted octanol–water partition coefficient (Wildman–Crippen LogP) is 5.10. The van der Waals surface area contributed by atoms with Crippen LogP contribution in [0.3, 0.4) is 0 Å². The van der Waals surface area contributed by atoms with Crippen LogP contribution in [-0.2, 0) is 18.0 Å². The van der Waals surface area contributed by atoms with Gasteiger partial charge >= 0.3 is 6.18 Å². The number of amides is 1. The number of alkyl halides is 3. The van der Waals surface area contributed by atoms with Crippen molar-refractivity contribution in [3.8, 4) is 11.5 Å². The number of carbonyl (C=O) groups is 1. The van der Waals surface area contributed by atoms with Crippen molar-refractivity contribution >= 4 is 34.4 Å². The van der Waals surface area contributed by atoms with E-state index in [1.165, 1.54) is 12.1 Å². The van der Waals surface area contributed by atoms with Crippen LogP contribution in [0.1, 0.15) is 12.5 Å². The number of aromatic nitrogens is 3. The zero-order valence-corrected chi connectivity index (χ0v) is 22.2. The molecular weight excluding hydrogens is 523 g/mol. The molecule has 2 N–H and O–H groups in total. The Kier molecular flexibility index (Phi) is 7.90. The van der Waals surface area contributed by atoms with Crippen molar-refractivity contribution in [2.45, 2.75) is 13.1 Å². The second kappa shape index (κ2) is 11.5. The molecule has 1 fully saturated rings. The summed E-state index contributed by atoms with van der Waals surface area (Å²) >= 11 is 0. The van der Waals surface area contributed by atoms with E-state index in [1.807, 2.05) is 13.1 Å². The van der Waals surface area contributed by atoms with Gasteiger partial charge in [0.15, 0.2) is 0 Å². The van der Waals surface area contributed by atoms with E-state index in [1.54, 1.807) is 35.0 Å². The first-order chi connectivity index (χ1) is 19.2. The van der Waals surface area contributed by atoms with Crippen LogP contribution in [0.25, 0.3) is 11.0 Å². The van der Waals surface area contributed by atoms with E-state index in [0.29, 0.717) is 41.0 Å². The molecule has 0 saturated carbocycles. The van der Waals surface area contributed by atoms with Gasteiger partial charge in [0, 0.05) is 57.2 Å². The lowest BCUT2D eigenvalue weighted by molar-refractivity contribution is -0.137. The predicted molar refractivity (Wildman–Crippen MR) is 147 cm³/mol. The maximum Gasteiger partial charge on any atom is 0.416 e. The van der Waals surface area contributed by atoms with Gasteiger partial charge in [0.1, 0.15) is 17.3 Å². The number of pyridine rings is 1. The zero-order chi connectivity index (χ0) is 28.3. The van der Waals surface area contributed by atoms with Gasteiger partial charge in [-0.3, -0.25) is 9.69 Å². The number of halogens is 3. The van der Waals surface area contributed by atoms with E-state index in [-0.39, 0.29) is 5.91 Å².